The van der Waals surface area contributed by atoms with Gasteiger partial charge in [-0.2, -0.15) is 43.8 Å². The molecular formula is C7H5F9KNO4S. The fourth-order valence-corrected chi connectivity index (χ4v) is 2.10. The number of halogens is 9. The second kappa shape index (κ2) is 7.33. The normalized spacial score (nSPS) is 14.6. The van der Waals surface area contributed by atoms with Gasteiger partial charge in [0.05, 0.1) is 12.5 Å². The van der Waals surface area contributed by atoms with Crippen molar-refractivity contribution in [3.05, 3.63) is 0 Å². The van der Waals surface area contributed by atoms with Gasteiger partial charge >= 0.3 is 74.7 Å². The second-order valence-electron chi connectivity index (χ2n) is 3.80. The molecule has 5 nitrogen and oxygen atoms in total. The van der Waals surface area contributed by atoms with E-state index >= 15 is 0 Å². The number of carbonyl (C=O) groups excluding carboxylic acids is 1. The zero-order valence-corrected chi connectivity index (χ0v) is 15.0. The Kier molecular flexibility index (Phi) is 8.16. The van der Waals surface area contributed by atoms with Gasteiger partial charge in [-0.1, -0.05) is 0 Å². The van der Waals surface area contributed by atoms with Crippen LogP contribution in [0, 0.1) is 0 Å². The third-order valence-electron chi connectivity index (χ3n) is 2.20. The molecule has 0 N–H and O–H groups in total. The van der Waals surface area contributed by atoms with Gasteiger partial charge in [-0.25, -0.2) is 8.42 Å². The molecule has 0 aliphatic heterocycles. The van der Waals surface area contributed by atoms with E-state index in [1.54, 1.807) is 0 Å². The average molecular weight is 409 g/mol. The van der Waals surface area contributed by atoms with Gasteiger partial charge in [-0.05, 0) is 0 Å². The Morgan fingerprint density at radius 2 is 1.30 bits per heavy atom. The van der Waals surface area contributed by atoms with Crippen LogP contribution in [0.3, 0.4) is 0 Å². The van der Waals surface area contributed by atoms with Crippen LogP contribution in [0.15, 0.2) is 0 Å². The van der Waals surface area contributed by atoms with Crippen molar-refractivity contribution in [3.8, 4) is 0 Å². The quantitative estimate of drug-likeness (QED) is 0.357. The molecule has 16 heteroatoms. The van der Waals surface area contributed by atoms with Crippen LogP contribution in [-0.2, 0) is 14.8 Å². The minimum Gasteiger partial charge on any atom is -0.549 e. The fourth-order valence-electron chi connectivity index (χ4n) is 0.985. The Bertz CT molecular complexity index is 547. The number of hydrogen-bond donors (Lipinski definition) is 0. The number of aliphatic carboxylic acids is 1. The number of rotatable bonds is 6. The van der Waals surface area contributed by atoms with E-state index in [9.17, 15) is 57.8 Å². The molecule has 0 heterocycles. The number of alkyl halides is 9. The SMILES string of the molecule is CN(CC(=O)[O-])S(=O)(=O)C(F)(F)C(F)(F)C(F)(F)C(F)(F)F.[K+]. The van der Waals surface area contributed by atoms with Gasteiger partial charge in [0.1, 0.15) is 0 Å². The minimum absolute atomic E-state index is 0. The van der Waals surface area contributed by atoms with E-state index in [0.717, 1.165) is 0 Å². The van der Waals surface area contributed by atoms with Crippen LogP contribution >= 0.6 is 0 Å². The molecule has 0 aromatic carbocycles. The van der Waals surface area contributed by atoms with Crippen LogP contribution in [0.4, 0.5) is 39.5 Å². The zero-order chi connectivity index (χ0) is 18.4. The molecule has 0 saturated heterocycles. The van der Waals surface area contributed by atoms with Crippen molar-refractivity contribution < 1.29 is 109 Å². The Balaban J connectivity index is 0. The van der Waals surface area contributed by atoms with Crippen LogP contribution in [0.25, 0.3) is 0 Å². The number of hydrogen-bond acceptors (Lipinski definition) is 4. The molecule has 0 aromatic heterocycles. The first-order chi connectivity index (χ1) is 9.34. The van der Waals surface area contributed by atoms with Gasteiger partial charge < -0.3 is 9.90 Å². The molecule has 0 aliphatic carbocycles. The molecule has 0 spiro atoms. The summed E-state index contributed by atoms with van der Waals surface area (Å²) in [7, 11) is -6.94. The van der Waals surface area contributed by atoms with Crippen LogP contribution in [-0.4, -0.2) is 55.6 Å². The Labute approximate surface area is 165 Å². The van der Waals surface area contributed by atoms with Gasteiger partial charge in [0.15, 0.2) is 0 Å². The minimum atomic E-state index is -7.41. The Hall–Kier alpha value is 0.386. The fraction of sp³-hybridized carbons (Fsp3) is 0.857. The van der Waals surface area contributed by atoms with Crippen LogP contribution in [0.2, 0.25) is 0 Å². The summed E-state index contributed by atoms with van der Waals surface area (Å²) in [5.74, 6) is -17.2. The van der Waals surface area contributed by atoms with Gasteiger partial charge in [0.2, 0.25) is 0 Å². The number of carboxylic acids is 1. The van der Waals surface area contributed by atoms with Crippen molar-refractivity contribution in [2.45, 2.75) is 23.3 Å². The number of likely N-dealkylation sites (N-methyl/N-ethyl adjacent to an activating group) is 1. The smallest absolute Gasteiger partial charge is 0.549 e. The van der Waals surface area contributed by atoms with E-state index in [1.807, 2.05) is 0 Å². The summed E-state index contributed by atoms with van der Waals surface area (Å²) in [6, 6.07) is 0. The summed E-state index contributed by atoms with van der Waals surface area (Å²) in [5.41, 5.74) is 0. The molecule has 0 aliphatic rings. The first-order valence-corrected chi connectivity index (χ1v) is 6.14. The van der Waals surface area contributed by atoms with Gasteiger partial charge in [0, 0.05) is 7.05 Å². The molecule has 0 unspecified atom stereocenters. The van der Waals surface area contributed by atoms with Crippen LogP contribution in [0.1, 0.15) is 0 Å². The molecular weight excluding hydrogens is 404 g/mol. The maximum atomic E-state index is 13.1. The molecule has 0 aromatic rings. The molecule has 23 heavy (non-hydrogen) atoms. The zero-order valence-electron chi connectivity index (χ0n) is 11.1. The van der Waals surface area contributed by atoms with E-state index < -0.39 is 50.1 Å². The summed E-state index contributed by atoms with van der Waals surface area (Å²) in [4.78, 5) is 10.0. The second-order valence-corrected chi connectivity index (χ2v) is 5.88. The first-order valence-electron chi connectivity index (χ1n) is 4.70. The monoisotopic (exact) mass is 409 g/mol. The predicted molar refractivity (Wildman–Crippen MR) is 47.5 cm³/mol. The molecule has 0 atom stereocenters. The maximum absolute atomic E-state index is 13.1. The van der Waals surface area contributed by atoms with E-state index in [4.69, 9.17) is 0 Å². The van der Waals surface area contributed by atoms with Gasteiger partial charge in [-0.3, -0.25) is 0 Å². The number of nitrogens with zero attached hydrogens (tertiary/aromatic N) is 1. The van der Waals surface area contributed by atoms with Crippen LogP contribution < -0.4 is 56.5 Å². The molecule has 0 bridgehead atoms. The molecule has 0 rings (SSSR count). The van der Waals surface area contributed by atoms with Crippen molar-refractivity contribution in [2.75, 3.05) is 13.6 Å². The molecule has 0 radical (unpaired) electrons. The summed E-state index contributed by atoms with van der Waals surface area (Å²) >= 11 is 0. The summed E-state index contributed by atoms with van der Waals surface area (Å²) in [6.45, 7) is -1.98. The van der Waals surface area contributed by atoms with Crippen molar-refractivity contribution in [3.63, 3.8) is 0 Å². The van der Waals surface area contributed by atoms with Crippen molar-refractivity contribution >= 4 is 16.0 Å². The Morgan fingerprint density at radius 3 is 1.57 bits per heavy atom. The molecule has 0 fully saturated rings. The van der Waals surface area contributed by atoms with Crippen molar-refractivity contribution in [2.24, 2.45) is 0 Å². The maximum Gasteiger partial charge on any atom is 1.00 e. The number of sulfonamides is 1. The molecule has 132 valence electrons. The van der Waals surface area contributed by atoms with E-state index in [2.05, 4.69) is 0 Å². The van der Waals surface area contributed by atoms with Crippen molar-refractivity contribution in [1.82, 2.24) is 4.31 Å². The Morgan fingerprint density at radius 1 is 0.957 bits per heavy atom. The molecule has 0 amide bonds. The summed E-state index contributed by atoms with van der Waals surface area (Å²) in [5, 5.41) is 3.06. The van der Waals surface area contributed by atoms with E-state index in [0.29, 0.717) is 0 Å². The number of carboxylic acid groups (broad SMARTS) is 1. The van der Waals surface area contributed by atoms with Gasteiger partial charge in [-0.15, -0.1) is 0 Å². The number of carbonyl (C=O) groups is 1. The molecule has 0 saturated carbocycles. The van der Waals surface area contributed by atoms with Gasteiger partial charge in [0.25, 0.3) is 10.0 Å². The third-order valence-corrected chi connectivity index (χ3v) is 4.06. The van der Waals surface area contributed by atoms with E-state index in [-0.39, 0.29) is 58.4 Å². The standard InChI is InChI=1S/C7H6F9NO4S.K/c1-17(2-3(18)19)22(20,21)7(15,16)5(10,11)4(8,9)6(12,13)14;/h2H2,1H3,(H,18,19);/q;+1/p-1. The third kappa shape index (κ3) is 4.32. The predicted octanol–water partition coefficient (Wildman–Crippen LogP) is -2.57. The first kappa shape index (κ1) is 25.6. The summed E-state index contributed by atoms with van der Waals surface area (Å²) < 4.78 is 133. The summed E-state index contributed by atoms with van der Waals surface area (Å²) in [6.07, 6.45) is -7.19. The largest absolute Gasteiger partial charge is 1.00 e. The van der Waals surface area contributed by atoms with Crippen molar-refractivity contribution in [1.29, 1.82) is 0 Å². The topological polar surface area (TPSA) is 77.5 Å². The van der Waals surface area contributed by atoms with E-state index in [1.165, 1.54) is 0 Å². The van der Waals surface area contributed by atoms with Crippen LogP contribution in [0.5, 0.6) is 0 Å². The average Bonchev–Trinajstić information content (AvgIpc) is 2.25.